The zero-order chi connectivity index (χ0) is 11.9. The fourth-order valence-corrected chi connectivity index (χ4v) is 1.52. The number of ether oxygens (including phenoxy) is 1. The van der Waals surface area contributed by atoms with Crippen molar-refractivity contribution in [2.24, 2.45) is 0 Å². The number of carbonyl (C=O) groups excluding carboxylic acids is 1. The molecule has 0 aliphatic heterocycles. The van der Waals surface area contributed by atoms with Crippen LogP contribution in [0.2, 0.25) is 19.6 Å². The summed E-state index contributed by atoms with van der Waals surface area (Å²) in [4.78, 5) is 10.8. The average molecular weight is 224 g/mol. The Morgan fingerprint density at radius 2 is 2.13 bits per heavy atom. The Hall–Kier alpha value is -1.01. The molecular weight excluding hydrogens is 204 g/mol. The molecule has 0 aromatic heterocycles. The van der Waals surface area contributed by atoms with E-state index in [1.165, 1.54) is 6.92 Å². The van der Waals surface area contributed by atoms with E-state index in [0.717, 1.165) is 12.8 Å². The van der Waals surface area contributed by atoms with Crippen LogP contribution in [0.3, 0.4) is 0 Å². The van der Waals surface area contributed by atoms with Crippen molar-refractivity contribution in [3.63, 3.8) is 0 Å². The van der Waals surface area contributed by atoms with E-state index in [9.17, 15) is 4.79 Å². The summed E-state index contributed by atoms with van der Waals surface area (Å²) < 4.78 is 5.11. The highest BCUT2D eigenvalue weighted by Crippen LogP contribution is 2.04. The molecular formula is C12H20O2Si. The van der Waals surface area contributed by atoms with E-state index in [-0.39, 0.29) is 12.1 Å². The van der Waals surface area contributed by atoms with Crippen molar-refractivity contribution in [2.45, 2.75) is 45.5 Å². The number of allylic oxidation sites excluding steroid dienone is 1. The molecule has 0 aliphatic rings. The third-order valence-corrected chi connectivity index (χ3v) is 2.44. The van der Waals surface area contributed by atoms with Crippen molar-refractivity contribution >= 4 is 14.0 Å². The van der Waals surface area contributed by atoms with E-state index >= 15 is 0 Å². The van der Waals surface area contributed by atoms with Crippen LogP contribution in [0.1, 0.15) is 19.8 Å². The first kappa shape index (κ1) is 14.0. The van der Waals surface area contributed by atoms with Gasteiger partial charge in [-0.25, -0.2) is 0 Å². The van der Waals surface area contributed by atoms with Gasteiger partial charge < -0.3 is 4.74 Å². The Labute approximate surface area is 93.7 Å². The number of hydrogen-bond acceptors (Lipinski definition) is 2. The van der Waals surface area contributed by atoms with Crippen LogP contribution in [0, 0.1) is 11.5 Å². The lowest BCUT2D eigenvalue weighted by atomic mass is 10.2. The van der Waals surface area contributed by atoms with Gasteiger partial charge in [-0.05, 0) is 12.8 Å². The van der Waals surface area contributed by atoms with Crippen molar-refractivity contribution in [3.05, 3.63) is 12.7 Å². The van der Waals surface area contributed by atoms with Gasteiger partial charge in [-0.2, -0.15) is 0 Å². The molecule has 0 fully saturated rings. The fraction of sp³-hybridized carbons (Fsp3) is 0.583. The fourth-order valence-electron chi connectivity index (χ4n) is 0.927. The average Bonchev–Trinajstić information content (AvgIpc) is 2.07. The third-order valence-electron chi connectivity index (χ3n) is 1.55. The largest absolute Gasteiger partial charge is 0.449 e. The number of rotatable bonds is 4. The standard InChI is InChI=1S/C12H20O2Si/c1-6-7-8-12(14-11(2)13)9-10-15(3,4)5/h6,12H,1,7-8H2,2-5H3/t12-/m0/s1. The molecule has 0 heterocycles. The van der Waals surface area contributed by atoms with Gasteiger partial charge >= 0.3 is 5.97 Å². The van der Waals surface area contributed by atoms with Gasteiger partial charge in [0.05, 0.1) is 0 Å². The third kappa shape index (κ3) is 9.29. The molecule has 0 aliphatic carbocycles. The zero-order valence-corrected chi connectivity index (χ0v) is 11.1. The van der Waals surface area contributed by atoms with Gasteiger partial charge in [-0.3, -0.25) is 4.79 Å². The van der Waals surface area contributed by atoms with E-state index in [4.69, 9.17) is 4.74 Å². The molecule has 1 atom stereocenters. The summed E-state index contributed by atoms with van der Waals surface area (Å²) in [7, 11) is -1.39. The van der Waals surface area contributed by atoms with E-state index in [1.807, 2.05) is 6.08 Å². The SMILES string of the molecule is C=CCC[C@@H](C#C[Si](C)(C)C)OC(C)=O. The minimum absolute atomic E-state index is 0.270. The molecule has 15 heavy (non-hydrogen) atoms. The highest BCUT2D eigenvalue weighted by molar-refractivity contribution is 6.83. The summed E-state index contributed by atoms with van der Waals surface area (Å²) in [5.41, 5.74) is 3.21. The molecule has 3 heteroatoms. The van der Waals surface area contributed by atoms with Crippen LogP contribution in [-0.4, -0.2) is 20.1 Å². The van der Waals surface area contributed by atoms with E-state index in [1.54, 1.807) is 0 Å². The van der Waals surface area contributed by atoms with Crippen LogP contribution >= 0.6 is 0 Å². The Bertz CT molecular complexity index is 278. The highest BCUT2D eigenvalue weighted by atomic mass is 28.3. The summed E-state index contributed by atoms with van der Waals surface area (Å²) in [6.45, 7) is 11.5. The summed E-state index contributed by atoms with van der Waals surface area (Å²) >= 11 is 0. The molecule has 0 unspecified atom stereocenters. The normalized spacial score (nSPS) is 12.3. The second-order valence-electron chi connectivity index (χ2n) is 4.48. The zero-order valence-electron chi connectivity index (χ0n) is 10.1. The maximum Gasteiger partial charge on any atom is 0.303 e. The Balaban J connectivity index is 4.39. The van der Waals surface area contributed by atoms with Gasteiger partial charge in [0, 0.05) is 6.92 Å². The number of esters is 1. The molecule has 0 saturated heterocycles. The lowest BCUT2D eigenvalue weighted by Gasteiger charge is -2.11. The quantitative estimate of drug-likeness (QED) is 0.318. The predicted molar refractivity (Wildman–Crippen MR) is 66.1 cm³/mol. The molecule has 0 aromatic rings. The summed E-state index contributed by atoms with van der Waals surface area (Å²) in [5, 5.41) is 0. The second-order valence-corrected chi connectivity index (χ2v) is 9.23. The Morgan fingerprint density at radius 3 is 2.53 bits per heavy atom. The first-order valence-corrected chi connectivity index (χ1v) is 8.66. The highest BCUT2D eigenvalue weighted by Gasteiger charge is 2.11. The molecule has 0 rings (SSSR count). The van der Waals surface area contributed by atoms with Crippen molar-refractivity contribution in [1.82, 2.24) is 0 Å². The number of hydrogen-bond donors (Lipinski definition) is 0. The first-order chi connectivity index (χ1) is 6.85. The molecule has 0 N–H and O–H groups in total. The van der Waals surface area contributed by atoms with Crippen LogP contribution in [0.4, 0.5) is 0 Å². The summed E-state index contributed by atoms with van der Waals surface area (Å²) in [5.74, 6) is 2.78. The van der Waals surface area contributed by atoms with Crippen LogP contribution in [0.25, 0.3) is 0 Å². The van der Waals surface area contributed by atoms with E-state index in [0.29, 0.717) is 0 Å². The van der Waals surface area contributed by atoms with Crippen molar-refractivity contribution in [2.75, 3.05) is 0 Å². The topological polar surface area (TPSA) is 26.3 Å². The van der Waals surface area contributed by atoms with E-state index < -0.39 is 8.07 Å². The first-order valence-electron chi connectivity index (χ1n) is 5.16. The molecule has 2 nitrogen and oxygen atoms in total. The van der Waals surface area contributed by atoms with Gasteiger partial charge in [0.15, 0.2) is 6.10 Å². The van der Waals surface area contributed by atoms with Crippen molar-refractivity contribution in [3.8, 4) is 11.5 Å². The minimum atomic E-state index is -1.39. The molecule has 0 saturated carbocycles. The maximum atomic E-state index is 10.8. The molecule has 0 amide bonds. The molecule has 0 radical (unpaired) electrons. The summed E-state index contributed by atoms with van der Waals surface area (Å²) in [6, 6.07) is 0. The maximum absolute atomic E-state index is 10.8. The predicted octanol–water partition coefficient (Wildman–Crippen LogP) is 2.77. The lowest BCUT2D eigenvalue weighted by Crippen LogP contribution is -2.20. The van der Waals surface area contributed by atoms with Gasteiger partial charge in [0.2, 0.25) is 0 Å². The monoisotopic (exact) mass is 224 g/mol. The molecule has 0 spiro atoms. The van der Waals surface area contributed by atoms with Gasteiger partial charge in [0.1, 0.15) is 8.07 Å². The Morgan fingerprint density at radius 1 is 1.53 bits per heavy atom. The van der Waals surface area contributed by atoms with Gasteiger partial charge in [-0.15, -0.1) is 12.1 Å². The molecule has 84 valence electrons. The van der Waals surface area contributed by atoms with Crippen LogP contribution in [-0.2, 0) is 9.53 Å². The van der Waals surface area contributed by atoms with Gasteiger partial charge in [0.25, 0.3) is 0 Å². The number of carbonyl (C=O) groups is 1. The molecule has 0 aromatic carbocycles. The smallest absolute Gasteiger partial charge is 0.303 e. The lowest BCUT2D eigenvalue weighted by molar-refractivity contribution is -0.143. The van der Waals surface area contributed by atoms with Crippen LogP contribution in [0.15, 0.2) is 12.7 Å². The second kappa shape index (κ2) is 6.47. The minimum Gasteiger partial charge on any atom is -0.449 e. The summed E-state index contributed by atoms with van der Waals surface area (Å²) in [6.07, 6.45) is 3.10. The van der Waals surface area contributed by atoms with Gasteiger partial charge in [-0.1, -0.05) is 31.6 Å². The van der Waals surface area contributed by atoms with Crippen molar-refractivity contribution < 1.29 is 9.53 Å². The van der Waals surface area contributed by atoms with Crippen LogP contribution in [0.5, 0.6) is 0 Å². The van der Waals surface area contributed by atoms with Crippen LogP contribution < -0.4 is 0 Å². The molecule has 0 bridgehead atoms. The van der Waals surface area contributed by atoms with Crippen molar-refractivity contribution in [1.29, 1.82) is 0 Å². The van der Waals surface area contributed by atoms with E-state index in [2.05, 4.69) is 37.7 Å². The Kier molecular flexibility index (Phi) is 6.03.